The van der Waals surface area contributed by atoms with Crippen LogP contribution in [-0.4, -0.2) is 51.6 Å². The number of hydrogen-bond acceptors (Lipinski definition) is 6. The Morgan fingerprint density at radius 2 is 1.45 bits per heavy atom. The minimum atomic E-state index is -0.162. The van der Waals surface area contributed by atoms with Crippen molar-refractivity contribution in [3.63, 3.8) is 0 Å². The van der Waals surface area contributed by atoms with Crippen LogP contribution in [0.1, 0.15) is 34.3 Å². The zero-order chi connectivity index (χ0) is 23.4. The van der Waals surface area contributed by atoms with Gasteiger partial charge in [0.25, 0.3) is 0 Å². The molecule has 0 aromatic heterocycles. The molecule has 4 rings (SSSR count). The van der Waals surface area contributed by atoms with Crippen molar-refractivity contribution >= 4 is 0 Å². The molecule has 0 bridgehead atoms. The van der Waals surface area contributed by atoms with Crippen molar-refractivity contribution in [3.8, 4) is 23.0 Å². The van der Waals surface area contributed by atoms with Gasteiger partial charge in [-0.25, -0.2) is 0 Å². The molecule has 1 heterocycles. The molecule has 2 atom stereocenters. The molecule has 0 unspecified atom stereocenters. The number of ether oxygens (including phenoxy) is 4. The van der Waals surface area contributed by atoms with Crippen molar-refractivity contribution in [1.29, 1.82) is 0 Å². The predicted molar refractivity (Wildman–Crippen MR) is 128 cm³/mol. The normalized spacial score (nSPS) is 16.6. The van der Waals surface area contributed by atoms with Gasteiger partial charge in [0.05, 0.1) is 47.1 Å². The van der Waals surface area contributed by atoms with Crippen molar-refractivity contribution < 1.29 is 24.1 Å². The first-order chi connectivity index (χ1) is 16.1. The molecular formula is C27H31NO5. The third-order valence-electron chi connectivity index (χ3n) is 6.39. The largest absolute Gasteiger partial charge is 0.493 e. The van der Waals surface area contributed by atoms with Gasteiger partial charge < -0.3 is 24.1 Å². The van der Waals surface area contributed by atoms with Crippen molar-refractivity contribution in [2.75, 3.05) is 41.6 Å². The van der Waals surface area contributed by atoms with Gasteiger partial charge in [0.1, 0.15) is 0 Å². The average Bonchev–Trinajstić information content (AvgIpc) is 2.88. The SMILES string of the molecule is COc1ccc([C@@H]2c3cc(OC)c(OC)cc3CCN2[C@@H](CO)c2ccccc2)cc1OC. The van der Waals surface area contributed by atoms with Gasteiger partial charge in [-0.2, -0.15) is 0 Å². The lowest BCUT2D eigenvalue weighted by Gasteiger charge is -2.42. The smallest absolute Gasteiger partial charge is 0.161 e. The summed E-state index contributed by atoms with van der Waals surface area (Å²) in [5.74, 6) is 2.75. The summed E-state index contributed by atoms with van der Waals surface area (Å²) >= 11 is 0. The predicted octanol–water partition coefficient (Wildman–Crippen LogP) is 4.40. The molecule has 0 spiro atoms. The van der Waals surface area contributed by atoms with Gasteiger partial charge in [0.2, 0.25) is 0 Å². The highest BCUT2D eigenvalue weighted by atomic mass is 16.5. The Balaban J connectivity index is 1.89. The molecule has 1 aliphatic heterocycles. The number of aliphatic hydroxyl groups is 1. The monoisotopic (exact) mass is 449 g/mol. The van der Waals surface area contributed by atoms with Crippen LogP contribution in [0.4, 0.5) is 0 Å². The highest BCUT2D eigenvalue weighted by Crippen LogP contribution is 2.45. The van der Waals surface area contributed by atoms with Crippen LogP contribution in [0.25, 0.3) is 0 Å². The second-order valence-corrected chi connectivity index (χ2v) is 8.02. The maximum absolute atomic E-state index is 10.5. The quantitative estimate of drug-likeness (QED) is 0.550. The minimum absolute atomic E-state index is 0.0103. The number of nitrogens with zero attached hydrogens (tertiary/aromatic N) is 1. The lowest BCUT2D eigenvalue weighted by Crippen LogP contribution is -2.40. The Bertz CT molecular complexity index is 1090. The maximum atomic E-state index is 10.5. The second-order valence-electron chi connectivity index (χ2n) is 8.02. The van der Waals surface area contributed by atoms with Crippen LogP contribution in [0.15, 0.2) is 60.7 Å². The molecule has 0 saturated heterocycles. The first kappa shape index (κ1) is 23.0. The Morgan fingerprint density at radius 3 is 2.09 bits per heavy atom. The van der Waals surface area contributed by atoms with Gasteiger partial charge >= 0.3 is 0 Å². The van der Waals surface area contributed by atoms with E-state index in [0.717, 1.165) is 35.4 Å². The van der Waals surface area contributed by atoms with E-state index in [1.54, 1.807) is 28.4 Å². The number of rotatable bonds is 8. The summed E-state index contributed by atoms with van der Waals surface area (Å²) in [6.07, 6.45) is 0.836. The Labute approximate surface area is 195 Å². The molecule has 1 N–H and O–H groups in total. The zero-order valence-electron chi connectivity index (χ0n) is 19.6. The first-order valence-corrected chi connectivity index (χ1v) is 11.0. The van der Waals surface area contributed by atoms with Crippen LogP contribution < -0.4 is 18.9 Å². The molecule has 0 aliphatic carbocycles. The van der Waals surface area contributed by atoms with E-state index in [4.69, 9.17) is 18.9 Å². The fraction of sp³-hybridized carbons (Fsp3) is 0.333. The van der Waals surface area contributed by atoms with Crippen molar-refractivity contribution in [1.82, 2.24) is 4.90 Å². The molecular weight excluding hydrogens is 418 g/mol. The molecule has 6 nitrogen and oxygen atoms in total. The molecule has 174 valence electrons. The van der Waals surface area contributed by atoms with Crippen molar-refractivity contribution in [2.45, 2.75) is 18.5 Å². The molecule has 6 heteroatoms. The standard InChI is InChI=1S/C27H31NO5/c1-30-23-11-10-20(15-24(23)31-2)27-21-16-26(33-4)25(32-3)14-19(21)12-13-28(27)22(17-29)18-8-6-5-7-9-18/h5-11,14-16,22,27,29H,12-13,17H2,1-4H3/t22-,27+/m0/s1. The fourth-order valence-electron chi connectivity index (χ4n) is 4.77. The molecule has 0 radical (unpaired) electrons. The van der Waals surface area contributed by atoms with E-state index in [1.165, 1.54) is 5.56 Å². The minimum Gasteiger partial charge on any atom is -0.493 e. The Kier molecular flexibility index (Phi) is 7.06. The lowest BCUT2D eigenvalue weighted by atomic mass is 9.85. The summed E-state index contributed by atoms with van der Waals surface area (Å²) in [7, 11) is 6.58. The number of benzene rings is 3. The number of methoxy groups -OCH3 is 4. The summed E-state index contributed by atoms with van der Waals surface area (Å²) in [4.78, 5) is 2.35. The van der Waals surface area contributed by atoms with Crippen LogP contribution in [0.3, 0.4) is 0 Å². The zero-order valence-corrected chi connectivity index (χ0v) is 19.6. The number of hydrogen-bond donors (Lipinski definition) is 1. The van der Waals surface area contributed by atoms with Gasteiger partial charge in [-0.05, 0) is 52.9 Å². The number of fused-ring (bicyclic) bond motifs is 1. The van der Waals surface area contributed by atoms with Crippen molar-refractivity contribution in [2.24, 2.45) is 0 Å². The number of aliphatic hydroxyl groups excluding tert-OH is 1. The van der Waals surface area contributed by atoms with E-state index in [9.17, 15) is 5.11 Å². The van der Waals surface area contributed by atoms with E-state index in [-0.39, 0.29) is 18.7 Å². The van der Waals surface area contributed by atoms with Crippen LogP contribution in [0, 0.1) is 0 Å². The Hall–Kier alpha value is -3.22. The van der Waals surface area contributed by atoms with Gasteiger partial charge in [0.15, 0.2) is 23.0 Å². The lowest BCUT2D eigenvalue weighted by molar-refractivity contribution is 0.0900. The second kappa shape index (κ2) is 10.1. The van der Waals surface area contributed by atoms with Gasteiger partial charge in [-0.15, -0.1) is 0 Å². The molecule has 0 amide bonds. The highest BCUT2D eigenvalue weighted by molar-refractivity contribution is 5.53. The van der Waals surface area contributed by atoms with E-state index in [0.29, 0.717) is 17.2 Å². The average molecular weight is 450 g/mol. The molecule has 0 fully saturated rings. The first-order valence-electron chi connectivity index (χ1n) is 11.0. The van der Waals surface area contributed by atoms with Crippen LogP contribution >= 0.6 is 0 Å². The third kappa shape index (κ3) is 4.36. The van der Waals surface area contributed by atoms with E-state index < -0.39 is 0 Å². The summed E-state index contributed by atoms with van der Waals surface area (Å²) in [5, 5.41) is 10.5. The topological polar surface area (TPSA) is 60.4 Å². The molecule has 3 aromatic carbocycles. The molecule has 3 aromatic rings. The van der Waals surface area contributed by atoms with Gasteiger partial charge in [-0.3, -0.25) is 4.90 Å². The third-order valence-corrected chi connectivity index (χ3v) is 6.39. The fourth-order valence-corrected chi connectivity index (χ4v) is 4.77. The Morgan fingerprint density at radius 1 is 0.818 bits per heavy atom. The summed E-state index contributed by atoms with van der Waals surface area (Å²) in [6.45, 7) is 0.790. The van der Waals surface area contributed by atoms with Crippen LogP contribution in [-0.2, 0) is 6.42 Å². The van der Waals surface area contributed by atoms with Gasteiger partial charge in [0, 0.05) is 6.54 Å². The van der Waals surface area contributed by atoms with Crippen LogP contribution in [0.5, 0.6) is 23.0 Å². The molecule has 0 saturated carbocycles. The molecule has 1 aliphatic rings. The highest BCUT2D eigenvalue weighted by Gasteiger charge is 2.35. The summed E-state index contributed by atoms with van der Waals surface area (Å²) in [5.41, 5.74) is 4.46. The van der Waals surface area contributed by atoms with E-state index >= 15 is 0 Å². The van der Waals surface area contributed by atoms with Crippen LogP contribution in [0.2, 0.25) is 0 Å². The van der Waals surface area contributed by atoms with Gasteiger partial charge in [-0.1, -0.05) is 36.4 Å². The maximum Gasteiger partial charge on any atom is 0.161 e. The van der Waals surface area contributed by atoms with E-state index in [1.807, 2.05) is 30.3 Å². The van der Waals surface area contributed by atoms with Crippen molar-refractivity contribution in [3.05, 3.63) is 82.9 Å². The molecule has 33 heavy (non-hydrogen) atoms. The summed E-state index contributed by atoms with van der Waals surface area (Å²) < 4.78 is 22.3. The summed E-state index contributed by atoms with van der Waals surface area (Å²) in [6, 6.07) is 20.0. The van der Waals surface area contributed by atoms with E-state index in [2.05, 4.69) is 35.2 Å².